The molecule has 2 rings (SSSR count). The van der Waals surface area contributed by atoms with Crippen LogP contribution >= 0.6 is 0 Å². The maximum atomic E-state index is 13.2. The van der Waals surface area contributed by atoms with Crippen LogP contribution in [0.2, 0.25) is 0 Å². The molecule has 2 aromatic rings. The van der Waals surface area contributed by atoms with Gasteiger partial charge in [-0.3, -0.25) is 0 Å². The molecule has 0 radical (unpaired) electrons. The van der Waals surface area contributed by atoms with Gasteiger partial charge in [-0.1, -0.05) is 0 Å². The summed E-state index contributed by atoms with van der Waals surface area (Å²) in [6.07, 6.45) is 0.277. The number of urea groups is 1. The number of benzene rings is 1. The van der Waals surface area contributed by atoms with E-state index in [0.29, 0.717) is 0 Å². The number of anilines is 1. The van der Waals surface area contributed by atoms with Crippen LogP contribution in [0.5, 0.6) is 5.75 Å². The lowest BCUT2D eigenvalue weighted by Crippen LogP contribution is -2.32. The summed E-state index contributed by atoms with van der Waals surface area (Å²) in [5, 5.41) is 14.2. The highest BCUT2D eigenvalue weighted by atomic mass is 19.3. The Morgan fingerprint density at radius 3 is 2.78 bits per heavy atom. The van der Waals surface area contributed by atoms with Crippen molar-refractivity contribution in [2.45, 2.75) is 12.7 Å². The zero-order chi connectivity index (χ0) is 16.8. The molecular weight excluding hydrogens is 317 g/mol. The molecule has 124 valence electrons. The Balaban J connectivity index is 1.95. The Labute approximate surface area is 128 Å². The molecule has 1 aromatic carbocycles. The van der Waals surface area contributed by atoms with E-state index in [9.17, 15) is 23.1 Å². The van der Waals surface area contributed by atoms with Gasteiger partial charge in [-0.25, -0.2) is 9.18 Å². The number of furan rings is 1. The van der Waals surface area contributed by atoms with Crippen molar-refractivity contribution in [1.82, 2.24) is 5.32 Å². The lowest BCUT2D eigenvalue weighted by atomic mass is 10.2. The Kier molecular flexibility index (Phi) is 5.47. The number of ether oxygens (including phenoxy) is 1. The molecule has 0 saturated heterocycles. The number of carbonyl (C=O) groups excluding carboxylic acids is 1. The van der Waals surface area contributed by atoms with Crippen molar-refractivity contribution in [3.8, 4) is 5.75 Å². The second kappa shape index (κ2) is 7.54. The lowest BCUT2D eigenvalue weighted by Gasteiger charge is -2.14. The van der Waals surface area contributed by atoms with E-state index in [-0.39, 0.29) is 23.7 Å². The van der Waals surface area contributed by atoms with Gasteiger partial charge in [0.1, 0.15) is 23.4 Å². The molecule has 6 nitrogen and oxygen atoms in total. The first-order chi connectivity index (χ1) is 11.0. The van der Waals surface area contributed by atoms with Crippen LogP contribution in [0.3, 0.4) is 0 Å². The third-order valence-corrected chi connectivity index (χ3v) is 2.73. The fraction of sp³-hybridized carbons (Fsp3) is 0.214. The molecule has 0 saturated carbocycles. The van der Waals surface area contributed by atoms with Crippen LogP contribution in [-0.4, -0.2) is 24.3 Å². The van der Waals surface area contributed by atoms with E-state index in [0.717, 1.165) is 18.2 Å². The fourth-order valence-corrected chi connectivity index (χ4v) is 1.74. The van der Waals surface area contributed by atoms with E-state index in [4.69, 9.17) is 4.42 Å². The largest absolute Gasteiger partial charge is 0.467 e. The van der Waals surface area contributed by atoms with E-state index in [1.165, 1.54) is 12.3 Å². The summed E-state index contributed by atoms with van der Waals surface area (Å²) in [5.41, 5.74) is -0.268. The van der Waals surface area contributed by atoms with Gasteiger partial charge in [0.2, 0.25) is 0 Å². The summed E-state index contributed by atoms with van der Waals surface area (Å²) < 4.78 is 46.8. The monoisotopic (exact) mass is 330 g/mol. The van der Waals surface area contributed by atoms with Crippen molar-refractivity contribution in [2.75, 3.05) is 11.9 Å². The molecule has 23 heavy (non-hydrogen) atoms. The van der Waals surface area contributed by atoms with E-state index in [2.05, 4.69) is 15.4 Å². The van der Waals surface area contributed by atoms with E-state index in [1.807, 2.05) is 0 Å². The molecule has 1 unspecified atom stereocenters. The maximum Gasteiger partial charge on any atom is 0.387 e. The Hall–Kier alpha value is -2.68. The molecule has 9 heteroatoms. The summed E-state index contributed by atoms with van der Waals surface area (Å²) in [5.74, 6) is -0.876. The third kappa shape index (κ3) is 4.92. The number of aliphatic hydroxyl groups is 1. The van der Waals surface area contributed by atoms with Crippen molar-refractivity contribution in [3.63, 3.8) is 0 Å². The van der Waals surface area contributed by atoms with Crippen molar-refractivity contribution < 1.29 is 32.2 Å². The molecule has 0 aliphatic heterocycles. The number of hydrogen-bond donors (Lipinski definition) is 3. The van der Waals surface area contributed by atoms with E-state index >= 15 is 0 Å². The van der Waals surface area contributed by atoms with Gasteiger partial charge in [-0.15, -0.1) is 0 Å². The van der Waals surface area contributed by atoms with E-state index < -0.39 is 24.6 Å². The van der Waals surface area contributed by atoms with Gasteiger partial charge in [0.05, 0.1) is 18.5 Å². The number of carbonyl (C=O) groups is 1. The van der Waals surface area contributed by atoms with Gasteiger partial charge in [0, 0.05) is 6.07 Å². The van der Waals surface area contributed by atoms with Gasteiger partial charge in [-0.05, 0) is 24.3 Å². The number of nitrogens with one attached hydrogen (secondary N) is 2. The summed E-state index contributed by atoms with van der Waals surface area (Å²) in [6.45, 7) is -3.32. The normalized spacial score (nSPS) is 12.0. The van der Waals surface area contributed by atoms with Gasteiger partial charge < -0.3 is 24.9 Å². The van der Waals surface area contributed by atoms with Crippen LogP contribution in [0.4, 0.5) is 23.7 Å². The number of rotatable bonds is 6. The first-order valence-corrected chi connectivity index (χ1v) is 6.46. The highest BCUT2D eigenvalue weighted by Crippen LogP contribution is 2.26. The summed E-state index contributed by atoms with van der Waals surface area (Å²) in [7, 11) is 0. The predicted octanol–water partition coefficient (Wildman–Crippen LogP) is 2.88. The summed E-state index contributed by atoms with van der Waals surface area (Å²) in [4.78, 5) is 11.7. The van der Waals surface area contributed by atoms with Crippen molar-refractivity contribution >= 4 is 11.7 Å². The van der Waals surface area contributed by atoms with Crippen molar-refractivity contribution in [1.29, 1.82) is 0 Å². The Morgan fingerprint density at radius 2 is 2.13 bits per heavy atom. The van der Waals surface area contributed by atoms with Gasteiger partial charge >= 0.3 is 12.6 Å². The first-order valence-electron chi connectivity index (χ1n) is 6.46. The first kappa shape index (κ1) is 16.7. The smallest absolute Gasteiger partial charge is 0.387 e. The molecular formula is C14H13F3N2O4. The zero-order valence-electron chi connectivity index (χ0n) is 11.6. The highest BCUT2D eigenvalue weighted by molar-refractivity contribution is 5.90. The van der Waals surface area contributed by atoms with Crippen molar-refractivity contribution in [2.24, 2.45) is 0 Å². The minimum atomic E-state index is -3.12. The minimum Gasteiger partial charge on any atom is -0.467 e. The Morgan fingerprint density at radius 1 is 1.35 bits per heavy atom. The van der Waals surface area contributed by atoms with Crippen LogP contribution in [0.15, 0.2) is 41.0 Å². The van der Waals surface area contributed by atoms with Crippen molar-refractivity contribution in [3.05, 3.63) is 48.2 Å². The summed E-state index contributed by atoms with van der Waals surface area (Å²) >= 11 is 0. The molecule has 0 fully saturated rings. The predicted molar refractivity (Wildman–Crippen MR) is 73.7 cm³/mol. The summed E-state index contributed by atoms with van der Waals surface area (Å²) in [6, 6.07) is 4.97. The molecule has 0 aliphatic carbocycles. The molecule has 0 bridgehead atoms. The van der Waals surface area contributed by atoms with E-state index in [1.54, 1.807) is 6.07 Å². The lowest BCUT2D eigenvalue weighted by molar-refractivity contribution is -0.0494. The van der Waals surface area contributed by atoms with Gasteiger partial charge in [0.25, 0.3) is 0 Å². The van der Waals surface area contributed by atoms with Crippen LogP contribution < -0.4 is 15.4 Å². The van der Waals surface area contributed by atoms with Gasteiger partial charge in [0.15, 0.2) is 0 Å². The molecule has 0 aliphatic rings. The molecule has 3 N–H and O–H groups in total. The third-order valence-electron chi connectivity index (χ3n) is 2.73. The number of aliphatic hydroxyl groups excluding tert-OH is 1. The standard InChI is InChI=1S/C14H13F3N2O4/c15-8-3-4-11(23-13(16)17)9(6-8)19-14(21)18-7-10(20)12-2-1-5-22-12/h1-6,10,13,20H,7H2,(H2,18,19,21). The number of alkyl halides is 2. The quantitative estimate of drug-likeness (QED) is 0.760. The topological polar surface area (TPSA) is 83.7 Å². The number of hydrogen-bond acceptors (Lipinski definition) is 4. The number of amides is 2. The maximum absolute atomic E-state index is 13.2. The number of halogens is 3. The fourth-order valence-electron chi connectivity index (χ4n) is 1.74. The second-order valence-corrected chi connectivity index (χ2v) is 4.39. The average Bonchev–Trinajstić information content (AvgIpc) is 3.01. The van der Waals surface area contributed by atoms with Crippen LogP contribution in [-0.2, 0) is 0 Å². The van der Waals surface area contributed by atoms with Crippen LogP contribution in [0, 0.1) is 5.82 Å². The zero-order valence-corrected chi connectivity index (χ0v) is 11.6. The molecule has 1 atom stereocenters. The minimum absolute atomic E-state index is 0.195. The highest BCUT2D eigenvalue weighted by Gasteiger charge is 2.15. The SMILES string of the molecule is O=C(NCC(O)c1ccco1)Nc1cc(F)ccc1OC(F)F. The van der Waals surface area contributed by atoms with Crippen LogP contribution in [0.1, 0.15) is 11.9 Å². The molecule has 1 aromatic heterocycles. The van der Waals surface area contributed by atoms with Crippen LogP contribution in [0.25, 0.3) is 0 Å². The Bertz CT molecular complexity index is 649. The second-order valence-electron chi connectivity index (χ2n) is 4.39. The molecule has 2 amide bonds. The molecule has 1 heterocycles. The average molecular weight is 330 g/mol. The molecule has 0 spiro atoms. The van der Waals surface area contributed by atoms with Gasteiger partial charge in [-0.2, -0.15) is 8.78 Å².